The van der Waals surface area contributed by atoms with Gasteiger partial charge in [-0.05, 0) is 24.3 Å². The monoisotopic (exact) mass is 236 g/mol. The first-order valence-corrected chi connectivity index (χ1v) is 5.01. The van der Waals surface area contributed by atoms with Gasteiger partial charge in [-0.15, -0.1) is 0 Å². The number of aromatic hydroxyl groups is 1. The average molecular weight is 236 g/mol. The number of halogens is 2. The number of hydrogen-bond acceptors (Lipinski definition) is 2. The molecule has 17 heavy (non-hydrogen) atoms. The summed E-state index contributed by atoms with van der Waals surface area (Å²) in [5.74, 6) is -0.774. The Balaban J connectivity index is 2.07. The Morgan fingerprint density at radius 1 is 1.06 bits per heavy atom. The predicted molar refractivity (Wildman–Crippen MR) is 58.8 cm³/mol. The van der Waals surface area contributed by atoms with Gasteiger partial charge in [0.2, 0.25) is 0 Å². The summed E-state index contributed by atoms with van der Waals surface area (Å²) in [7, 11) is 0. The second-order valence-corrected chi connectivity index (χ2v) is 3.52. The van der Waals surface area contributed by atoms with Crippen LogP contribution >= 0.6 is 0 Å². The predicted octanol–water partition coefficient (Wildman–Crippen LogP) is 3.25. The molecule has 0 bridgehead atoms. The highest BCUT2D eigenvalue weighted by Crippen LogP contribution is 2.19. The van der Waals surface area contributed by atoms with E-state index < -0.39 is 11.6 Å². The molecule has 0 aromatic heterocycles. The number of phenolic OH excluding ortho intramolecular Hbond substituents is 1. The van der Waals surface area contributed by atoms with E-state index in [1.54, 1.807) is 12.1 Å². The van der Waals surface area contributed by atoms with E-state index in [2.05, 4.69) is 0 Å². The number of rotatable bonds is 3. The highest BCUT2D eigenvalue weighted by molar-refractivity contribution is 5.32. The first-order chi connectivity index (χ1) is 8.15. The van der Waals surface area contributed by atoms with Crippen LogP contribution in [0.3, 0.4) is 0 Å². The molecular weight excluding hydrogens is 226 g/mol. The number of hydrogen-bond donors (Lipinski definition) is 1. The maximum absolute atomic E-state index is 13.3. The third-order valence-corrected chi connectivity index (χ3v) is 2.23. The lowest BCUT2D eigenvalue weighted by Gasteiger charge is -2.07. The second kappa shape index (κ2) is 4.82. The van der Waals surface area contributed by atoms with Crippen molar-refractivity contribution >= 4 is 0 Å². The fraction of sp³-hybridized carbons (Fsp3) is 0.0769. The number of benzene rings is 2. The van der Waals surface area contributed by atoms with Crippen molar-refractivity contribution in [2.45, 2.75) is 6.61 Å². The molecule has 0 saturated carbocycles. The van der Waals surface area contributed by atoms with Crippen LogP contribution in [0.4, 0.5) is 8.78 Å². The lowest BCUT2D eigenvalue weighted by Crippen LogP contribution is -1.98. The van der Waals surface area contributed by atoms with Crippen LogP contribution in [-0.2, 0) is 6.61 Å². The third kappa shape index (κ3) is 2.93. The van der Waals surface area contributed by atoms with Gasteiger partial charge in [-0.3, -0.25) is 0 Å². The van der Waals surface area contributed by atoms with Crippen molar-refractivity contribution < 1.29 is 18.6 Å². The first kappa shape index (κ1) is 11.4. The maximum atomic E-state index is 13.3. The molecule has 88 valence electrons. The van der Waals surface area contributed by atoms with Crippen molar-refractivity contribution in [2.24, 2.45) is 0 Å². The van der Waals surface area contributed by atoms with Gasteiger partial charge >= 0.3 is 0 Å². The molecule has 0 saturated heterocycles. The van der Waals surface area contributed by atoms with Crippen LogP contribution in [-0.4, -0.2) is 5.11 Å². The van der Waals surface area contributed by atoms with Crippen LogP contribution in [0.5, 0.6) is 11.5 Å². The Morgan fingerprint density at radius 3 is 2.59 bits per heavy atom. The zero-order chi connectivity index (χ0) is 12.3. The van der Waals surface area contributed by atoms with Crippen LogP contribution in [0.25, 0.3) is 0 Å². The van der Waals surface area contributed by atoms with Crippen molar-refractivity contribution in [3.8, 4) is 11.5 Å². The third-order valence-electron chi connectivity index (χ3n) is 2.23. The summed E-state index contributed by atoms with van der Waals surface area (Å²) in [5.41, 5.74) is 0.259. The van der Waals surface area contributed by atoms with Gasteiger partial charge in [0.25, 0.3) is 0 Å². The van der Waals surface area contributed by atoms with Crippen LogP contribution in [0.15, 0.2) is 42.5 Å². The van der Waals surface area contributed by atoms with Crippen molar-refractivity contribution in [1.82, 2.24) is 0 Å². The standard InChI is InChI=1S/C13H10F2O2/c14-10-5-4-9(13(15)6-10)8-17-12-3-1-2-11(16)7-12/h1-7,16H,8H2. The molecule has 4 heteroatoms. The molecule has 0 aliphatic heterocycles. The molecule has 0 radical (unpaired) electrons. The maximum Gasteiger partial charge on any atom is 0.132 e. The minimum Gasteiger partial charge on any atom is -0.508 e. The summed E-state index contributed by atoms with van der Waals surface area (Å²) in [6.45, 7) is -0.0183. The van der Waals surface area contributed by atoms with Gasteiger partial charge in [-0.2, -0.15) is 0 Å². The molecule has 0 spiro atoms. The van der Waals surface area contributed by atoms with Crippen molar-refractivity contribution in [3.05, 3.63) is 59.7 Å². The topological polar surface area (TPSA) is 29.5 Å². The fourth-order valence-electron chi connectivity index (χ4n) is 1.37. The van der Waals surface area contributed by atoms with Crippen LogP contribution in [0.1, 0.15) is 5.56 Å². The number of phenols is 1. The molecule has 0 aliphatic rings. The molecule has 0 fully saturated rings. The van der Waals surface area contributed by atoms with Crippen molar-refractivity contribution in [1.29, 1.82) is 0 Å². The molecule has 2 aromatic rings. The van der Waals surface area contributed by atoms with E-state index in [4.69, 9.17) is 4.74 Å². The molecule has 1 N–H and O–H groups in total. The van der Waals surface area contributed by atoms with E-state index in [9.17, 15) is 13.9 Å². The Morgan fingerprint density at radius 2 is 1.88 bits per heavy atom. The summed E-state index contributed by atoms with van der Waals surface area (Å²) >= 11 is 0. The summed E-state index contributed by atoms with van der Waals surface area (Å²) < 4.78 is 31.2. The smallest absolute Gasteiger partial charge is 0.132 e. The van der Waals surface area contributed by atoms with E-state index in [0.717, 1.165) is 6.07 Å². The van der Waals surface area contributed by atoms with E-state index >= 15 is 0 Å². The minimum atomic E-state index is -0.648. The van der Waals surface area contributed by atoms with Gasteiger partial charge in [0.05, 0.1) is 0 Å². The van der Waals surface area contributed by atoms with Crippen LogP contribution < -0.4 is 4.74 Å². The normalized spacial score (nSPS) is 10.2. The van der Waals surface area contributed by atoms with E-state index in [1.165, 1.54) is 24.3 Å². The highest BCUT2D eigenvalue weighted by Gasteiger charge is 2.04. The first-order valence-electron chi connectivity index (χ1n) is 5.01. The molecule has 0 heterocycles. The van der Waals surface area contributed by atoms with Crippen LogP contribution in [0.2, 0.25) is 0 Å². The SMILES string of the molecule is Oc1cccc(OCc2ccc(F)cc2F)c1. The van der Waals surface area contributed by atoms with Crippen molar-refractivity contribution in [3.63, 3.8) is 0 Å². The molecule has 2 nitrogen and oxygen atoms in total. The molecule has 2 aromatic carbocycles. The Kier molecular flexibility index (Phi) is 3.23. The zero-order valence-electron chi connectivity index (χ0n) is 8.86. The Labute approximate surface area is 97.1 Å². The van der Waals surface area contributed by atoms with Gasteiger partial charge in [0, 0.05) is 17.7 Å². The van der Waals surface area contributed by atoms with Crippen molar-refractivity contribution in [2.75, 3.05) is 0 Å². The summed E-state index contributed by atoms with van der Waals surface area (Å²) in [4.78, 5) is 0. The average Bonchev–Trinajstić information content (AvgIpc) is 2.28. The fourth-order valence-corrected chi connectivity index (χ4v) is 1.37. The molecule has 0 unspecified atom stereocenters. The molecular formula is C13H10F2O2. The number of ether oxygens (including phenoxy) is 1. The highest BCUT2D eigenvalue weighted by atomic mass is 19.1. The summed E-state index contributed by atoms with van der Waals surface area (Å²) in [6, 6.07) is 9.48. The molecule has 0 atom stereocenters. The Hall–Kier alpha value is -2.10. The summed E-state index contributed by atoms with van der Waals surface area (Å²) in [6.07, 6.45) is 0. The van der Waals surface area contributed by atoms with E-state index in [1.807, 2.05) is 0 Å². The largest absolute Gasteiger partial charge is 0.508 e. The van der Waals surface area contributed by atoms with Gasteiger partial charge in [0.15, 0.2) is 0 Å². The van der Waals surface area contributed by atoms with Gasteiger partial charge in [0.1, 0.15) is 29.7 Å². The second-order valence-electron chi connectivity index (χ2n) is 3.52. The van der Waals surface area contributed by atoms with Gasteiger partial charge in [-0.1, -0.05) is 6.07 Å². The zero-order valence-corrected chi connectivity index (χ0v) is 8.86. The van der Waals surface area contributed by atoms with Gasteiger partial charge < -0.3 is 9.84 Å². The van der Waals surface area contributed by atoms with E-state index in [0.29, 0.717) is 5.75 Å². The lowest BCUT2D eigenvalue weighted by atomic mass is 10.2. The lowest BCUT2D eigenvalue weighted by molar-refractivity contribution is 0.298. The van der Waals surface area contributed by atoms with E-state index in [-0.39, 0.29) is 17.9 Å². The molecule has 0 amide bonds. The summed E-state index contributed by atoms with van der Waals surface area (Å²) in [5, 5.41) is 9.20. The molecule has 0 aliphatic carbocycles. The Bertz CT molecular complexity index is 527. The minimum absolute atomic E-state index is 0.0183. The molecule has 2 rings (SSSR count). The van der Waals surface area contributed by atoms with Crippen LogP contribution in [0, 0.1) is 11.6 Å². The van der Waals surface area contributed by atoms with Gasteiger partial charge in [-0.25, -0.2) is 8.78 Å². The quantitative estimate of drug-likeness (QED) is 0.886.